The Labute approximate surface area is 106 Å². The van der Waals surface area contributed by atoms with Crippen LogP contribution in [0.2, 0.25) is 0 Å². The number of carbonyl (C=O) groups is 2. The van der Waals surface area contributed by atoms with E-state index in [0.29, 0.717) is 19.5 Å². The maximum Gasteiger partial charge on any atom is 0.323 e. The van der Waals surface area contributed by atoms with Crippen LogP contribution in [0.25, 0.3) is 0 Å². The molecule has 0 radical (unpaired) electrons. The third-order valence-corrected chi connectivity index (χ3v) is 2.43. The van der Waals surface area contributed by atoms with Gasteiger partial charge in [-0.3, -0.25) is 9.78 Å². The van der Waals surface area contributed by atoms with Crippen molar-refractivity contribution < 1.29 is 14.7 Å². The predicted molar refractivity (Wildman–Crippen MR) is 66.2 cm³/mol. The second-order valence-electron chi connectivity index (χ2n) is 3.75. The molecule has 2 N–H and O–H groups in total. The molecule has 2 amide bonds. The molecule has 1 heterocycles. The topological polar surface area (TPSA) is 82.5 Å². The number of amides is 2. The van der Waals surface area contributed by atoms with Gasteiger partial charge in [0.15, 0.2) is 0 Å². The van der Waals surface area contributed by atoms with E-state index >= 15 is 0 Å². The highest BCUT2D eigenvalue weighted by molar-refractivity contribution is 5.79. The van der Waals surface area contributed by atoms with Gasteiger partial charge in [-0.05, 0) is 31.0 Å². The molecule has 0 aliphatic heterocycles. The Kier molecular flexibility index (Phi) is 5.63. The molecule has 1 rings (SSSR count). The summed E-state index contributed by atoms with van der Waals surface area (Å²) in [7, 11) is 0. The molecule has 0 aliphatic carbocycles. The standard InChI is InChI=1S/C12H17N3O3/c1-2-15(9-11(16)17)12(18)14-8-5-10-3-6-13-7-4-10/h3-4,6-7H,2,5,8-9H2,1H3,(H,14,18)(H,16,17). The Bertz CT molecular complexity index is 395. The molecule has 98 valence electrons. The lowest BCUT2D eigenvalue weighted by molar-refractivity contribution is -0.137. The number of likely N-dealkylation sites (N-methyl/N-ethyl adjacent to an activating group) is 1. The van der Waals surface area contributed by atoms with Gasteiger partial charge in [0.1, 0.15) is 6.54 Å². The van der Waals surface area contributed by atoms with Gasteiger partial charge >= 0.3 is 12.0 Å². The van der Waals surface area contributed by atoms with Crippen molar-refractivity contribution in [1.29, 1.82) is 0 Å². The van der Waals surface area contributed by atoms with E-state index in [-0.39, 0.29) is 12.6 Å². The van der Waals surface area contributed by atoms with Crippen LogP contribution in [0.1, 0.15) is 12.5 Å². The van der Waals surface area contributed by atoms with E-state index in [0.717, 1.165) is 5.56 Å². The molecule has 0 aromatic carbocycles. The van der Waals surface area contributed by atoms with Gasteiger partial charge in [-0.1, -0.05) is 0 Å². The molecular weight excluding hydrogens is 234 g/mol. The number of nitrogens with one attached hydrogen (secondary N) is 1. The van der Waals surface area contributed by atoms with Gasteiger partial charge in [0, 0.05) is 25.5 Å². The summed E-state index contributed by atoms with van der Waals surface area (Å²) >= 11 is 0. The number of hydrogen-bond acceptors (Lipinski definition) is 3. The summed E-state index contributed by atoms with van der Waals surface area (Å²) in [5.74, 6) is -1.01. The molecule has 0 spiro atoms. The fourth-order valence-corrected chi connectivity index (χ4v) is 1.47. The van der Waals surface area contributed by atoms with Gasteiger partial charge in [-0.2, -0.15) is 0 Å². The molecule has 0 aliphatic rings. The summed E-state index contributed by atoms with van der Waals surface area (Å²) in [6, 6.07) is 3.40. The van der Waals surface area contributed by atoms with E-state index in [1.165, 1.54) is 4.90 Å². The highest BCUT2D eigenvalue weighted by atomic mass is 16.4. The smallest absolute Gasteiger partial charge is 0.323 e. The van der Waals surface area contributed by atoms with Crippen LogP contribution >= 0.6 is 0 Å². The number of carboxylic acids is 1. The van der Waals surface area contributed by atoms with Crippen molar-refractivity contribution in [3.63, 3.8) is 0 Å². The molecule has 0 unspecified atom stereocenters. The van der Waals surface area contributed by atoms with Crippen LogP contribution in [0.15, 0.2) is 24.5 Å². The van der Waals surface area contributed by atoms with Crippen LogP contribution in [-0.2, 0) is 11.2 Å². The number of hydrogen-bond donors (Lipinski definition) is 2. The second kappa shape index (κ2) is 7.26. The van der Waals surface area contributed by atoms with Crippen LogP contribution < -0.4 is 5.32 Å². The normalized spacial score (nSPS) is 9.83. The third kappa shape index (κ3) is 4.82. The van der Waals surface area contributed by atoms with Crippen LogP contribution in [0.4, 0.5) is 4.79 Å². The maximum absolute atomic E-state index is 11.6. The second-order valence-corrected chi connectivity index (χ2v) is 3.75. The number of urea groups is 1. The quantitative estimate of drug-likeness (QED) is 0.781. The van der Waals surface area contributed by atoms with Crippen LogP contribution in [-0.4, -0.2) is 46.6 Å². The van der Waals surface area contributed by atoms with E-state index in [1.807, 2.05) is 12.1 Å². The van der Waals surface area contributed by atoms with E-state index in [1.54, 1.807) is 19.3 Å². The first-order chi connectivity index (χ1) is 8.63. The van der Waals surface area contributed by atoms with Gasteiger partial charge < -0.3 is 15.3 Å². The van der Waals surface area contributed by atoms with Crippen molar-refractivity contribution >= 4 is 12.0 Å². The first-order valence-corrected chi connectivity index (χ1v) is 5.77. The zero-order chi connectivity index (χ0) is 13.4. The Hall–Kier alpha value is -2.11. The zero-order valence-electron chi connectivity index (χ0n) is 10.3. The van der Waals surface area contributed by atoms with E-state index in [9.17, 15) is 9.59 Å². The lowest BCUT2D eigenvalue weighted by Gasteiger charge is -2.19. The number of rotatable bonds is 6. The number of pyridine rings is 1. The summed E-state index contributed by atoms with van der Waals surface area (Å²) < 4.78 is 0. The number of carboxylic acid groups (broad SMARTS) is 1. The predicted octanol–water partition coefficient (Wildman–Crippen LogP) is 0.740. The third-order valence-electron chi connectivity index (χ3n) is 2.43. The minimum atomic E-state index is -1.01. The van der Waals surface area contributed by atoms with Gasteiger partial charge in [-0.15, -0.1) is 0 Å². The fourth-order valence-electron chi connectivity index (χ4n) is 1.47. The van der Waals surface area contributed by atoms with Crippen molar-refractivity contribution in [2.24, 2.45) is 0 Å². The Morgan fingerprint density at radius 3 is 2.61 bits per heavy atom. The molecule has 18 heavy (non-hydrogen) atoms. The van der Waals surface area contributed by atoms with Gasteiger partial charge in [0.05, 0.1) is 0 Å². The molecule has 0 atom stereocenters. The Morgan fingerprint density at radius 1 is 1.39 bits per heavy atom. The number of nitrogens with zero attached hydrogens (tertiary/aromatic N) is 2. The first kappa shape index (κ1) is 14.0. The van der Waals surface area contributed by atoms with Crippen molar-refractivity contribution in [2.75, 3.05) is 19.6 Å². The van der Waals surface area contributed by atoms with Crippen LogP contribution in [0.5, 0.6) is 0 Å². The highest BCUT2D eigenvalue weighted by Crippen LogP contribution is 1.96. The summed E-state index contributed by atoms with van der Waals surface area (Å²) in [6.45, 7) is 2.30. The number of aromatic nitrogens is 1. The summed E-state index contributed by atoms with van der Waals surface area (Å²) in [4.78, 5) is 27.3. The minimum Gasteiger partial charge on any atom is -0.480 e. The minimum absolute atomic E-state index is 0.280. The molecule has 6 heteroatoms. The largest absolute Gasteiger partial charge is 0.480 e. The van der Waals surface area contributed by atoms with Crippen LogP contribution in [0, 0.1) is 0 Å². The average molecular weight is 251 g/mol. The van der Waals surface area contributed by atoms with Gasteiger partial charge in [-0.25, -0.2) is 4.79 Å². The van der Waals surface area contributed by atoms with E-state index in [4.69, 9.17) is 5.11 Å². The summed E-state index contributed by atoms with van der Waals surface area (Å²) in [6.07, 6.45) is 4.08. The summed E-state index contributed by atoms with van der Waals surface area (Å²) in [5.41, 5.74) is 1.08. The molecule has 0 fully saturated rings. The van der Waals surface area contributed by atoms with Crippen molar-refractivity contribution in [3.05, 3.63) is 30.1 Å². The SMILES string of the molecule is CCN(CC(=O)O)C(=O)NCCc1ccncc1. The average Bonchev–Trinajstić information content (AvgIpc) is 2.36. The maximum atomic E-state index is 11.6. The lowest BCUT2D eigenvalue weighted by atomic mass is 10.2. The lowest BCUT2D eigenvalue weighted by Crippen LogP contribution is -2.43. The molecule has 1 aromatic heterocycles. The number of aliphatic carboxylic acids is 1. The van der Waals surface area contributed by atoms with E-state index in [2.05, 4.69) is 10.3 Å². The molecule has 0 bridgehead atoms. The summed E-state index contributed by atoms with van der Waals surface area (Å²) in [5, 5.41) is 11.3. The molecule has 6 nitrogen and oxygen atoms in total. The van der Waals surface area contributed by atoms with Gasteiger partial charge in [0.25, 0.3) is 0 Å². The zero-order valence-corrected chi connectivity index (χ0v) is 10.3. The first-order valence-electron chi connectivity index (χ1n) is 5.77. The number of carbonyl (C=O) groups excluding carboxylic acids is 1. The molecular formula is C12H17N3O3. The Balaban J connectivity index is 2.34. The highest BCUT2D eigenvalue weighted by Gasteiger charge is 2.13. The monoisotopic (exact) mass is 251 g/mol. The van der Waals surface area contributed by atoms with Gasteiger partial charge in [0.2, 0.25) is 0 Å². The molecule has 1 aromatic rings. The van der Waals surface area contributed by atoms with Crippen LogP contribution in [0.3, 0.4) is 0 Å². The molecule has 0 saturated carbocycles. The fraction of sp³-hybridized carbons (Fsp3) is 0.417. The van der Waals surface area contributed by atoms with Crippen molar-refractivity contribution in [2.45, 2.75) is 13.3 Å². The molecule has 0 saturated heterocycles. The Morgan fingerprint density at radius 2 is 2.06 bits per heavy atom. The van der Waals surface area contributed by atoms with Crippen molar-refractivity contribution in [1.82, 2.24) is 15.2 Å². The van der Waals surface area contributed by atoms with E-state index < -0.39 is 5.97 Å². The van der Waals surface area contributed by atoms with Crippen molar-refractivity contribution in [3.8, 4) is 0 Å².